The quantitative estimate of drug-likeness (QED) is 0.712. The van der Waals surface area contributed by atoms with Gasteiger partial charge >= 0.3 is 0 Å². The molecular formula is C21H34N4O4. The van der Waals surface area contributed by atoms with Crippen molar-refractivity contribution >= 4 is 17.7 Å². The molecule has 4 fully saturated rings. The first-order valence-electron chi connectivity index (χ1n) is 11.2. The molecule has 4 aliphatic heterocycles. The Morgan fingerprint density at radius 2 is 1.24 bits per heavy atom. The van der Waals surface area contributed by atoms with Crippen LogP contribution in [0, 0.1) is 17.8 Å². The highest BCUT2D eigenvalue weighted by molar-refractivity contribution is 5.84. The van der Waals surface area contributed by atoms with Crippen LogP contribution in [-0.4, -0.2) is 90.9 Å². The van der Waals surface area contributed by atoms with E-state index < -0.39 is 0 Å². The first-order valence-corrected chi connectivity index (χ1v) is 11.2. The third-order valence-corrected chi connectivity index (χ3v) is 7.34. The Labute approximate surface area is 172 Å². The lowest BCUT2D eigenvalue weighted by Crippen LogP contribution is -2.57. The van der Waals surface area contributed by atoms with E-state index in [0.29, 0.717) is 38.3 Å². The van der Waals surface area contributed by atoms with Crippen LogP contribution in [-0.2, 0) is 19.1 Å². The normalized spacial score (nSPS) is 26.3. The number of amides is 3. The largest absolute Gasteiger partial charge is 0.381 e. The molecule has 4 aliphatic rings. The zero-order chi connectivity index (χ0) is 20.4. The number of hydrogen-bond acceptors (Lipinski definition) is 5. The number of rotatable bonds is 4. The van der Waals surface area contributed by atoms with Gasteiger partial charge < -0.3 is 25.2 Å². The van der Waals surface area contributed by atoms with Crippen LogP contribution in [0.4, 0.5) is 0 Å². The lowest BCUT2D eigenvalue weighted by molar-refractivity contribution is -0.147. The van der Waals surface area contributed by atoms with Gasteiger partial charge in [-0.3, -0.25) is 14.4 Å². The average Bonchev–Trinajstić information content (AvgIpc) is 2.73. The fraction of sp³-hybridized carbons (Fsp3) is 0.857. The monoisotopic (exact) mass is 406 g/mol. The van der Waals surface area contributed by atoms with Gasteiger partial charge in [0.25, 0.3) is 0 Å². The maximum absolute atomic E-state index is 12.7. The third kappa shape index (κ3) is 4.58. The molecular weight excluding hydrogens is 372 g/mol. The molecule has 0 spiro atoms. The standard InChI is InChI=1S/C21H34N4O4/c22-19(26)17-13-25(14-17)21(28)15-1-7-23(8-2-15)18-3-9-24(10-4-18)20(27)16-5-11-29-12-6-16/h15-18H,1-14H2,(H2,22,26). The van der Waals surface area contributed by atoms with Crippen molar-refractivity contribution in [1.82, 2.24) is 14.7 Å². The number of carbonyl (C=O) groups excluding carboxylic acids is 3. The summed E-state index contributed by atoms with van der Waals surface area (Å²) in [5.74, 6) is 0.283. The second-order valence-corrected chi connectivity index (χ2v) is 9.10. The van der Waals surface area contributed by atoms with Gasteiger partial charge in [0.1, 0.15) is 0 Å². The van der Waals surface area contributed by atoms with Crippen molar-refractivity contribution in [3.05, 3.63) is 0 Å². The van der Waals surface area contributed by atoms with E-state index in [1.165, 1.54) is 0 Å². The molecule has 0 aromatic heterocycles. The van der Waals surface area contributed by atoms with Crippen LogP contribution in [0.2, 0.25) is 0 Å². The summed E-state index contributed by atoms with van der Waals surface area (Å²) in [6.45, 7) is 6.00. The van der Waals surface area contributed by atoms with Gasteiger partial charge in [-0.2, -0.15) is 0 Å². The fourth-order valence-corrected chi connectivity index (χ4v) is 5.26. The minimum Gasteiger partial charge on any atom is -0.381 e. The molecule has 0 unspecified atom stereocenters. The molecule has 8 heteroatoms. The number of carbonyl (C=O) groups is 3. The van der Waals surface area contributed by atoms with E-state index in [1.54, 1.807) is 4.90 Å². The summed E-state index contributed by atoms with van der Waals surface area (Å²) in [5.41, 5.74) is 5.30. The number of piperidine rings is 2. The second kappa shape index (κ2) is 9.00. The lowest BCUT2D eigenvalue weighted by Gasteiger charge is -2.44. The molecule has 162 valence electrons. The van der Waals surface area contributed by atoms with E-state index >= 15 is 0 Å². The molecule has 0 aliphatic carbocycles. The molecule has 0 aromatic carbocycles. The van der Waals surface area contributed by atoms with Gasteiger partial charge in [-0.25, -0.2) is 0 Å². The van der Waals surface area contributed by atoms with Crippen molar-refractivity contribution in [2.75, 3.05) is 52.5 Å². The van der Waals surface area contributed by atoms with Crippen molar-refractivity contribution in [2.24, 2.45) is 23.5 Å². The Hall–Kier alpha value is -1.67. The van der Waals surface area contributed by atoms with E-state index in [9.17, 15) is 14.4 Å². The maximum atomic E-state index is 12.7. The van der Waals surface area contributed by atoms with Gasteiger partial charge in [0.05, 0.1) is 5.92 Å². The predicted octanol–water partition coefficient (Wildman–Crippen LogP) is 0.0597. The van der Waals surface area contributed by atoms with Crippen molar-refractivity contribution in [3.63, 3.8) is 0 Å². The van der Waals surface area contributed by atoms with Crippen LogP contribution in [0.5, 0.6) is 0 Å². The molecule has 4 saturated heterocycles. The molecule has 8 nitrogen and oxygen atoms in total. The number of likely N-dealkylation sites (tertiary alicyclic amines) is 3. The van der Waals surface area contributed by atoms with Crippen molar-refractivity contribution in [3.8, 4) is 0 Å². The van der Waals surface area contributed by atoms with E-state index in [0.717, 1.165) is 64.7 Å². The Kier molecular flexibility index (Phi) is 6.39. The molecule has 2 N–H and O–H groups in total. The number of nitrogens with two attached hydrogens (primary N) is 1. The summed E-state index contributed by atoms with van der Waals surface area (Å²) in [7, 11) is 0. The predicted molar refractivity (Wildman–Crippen MR) is 107 cm³/mol. The second-order valence-electron chi connectivity index (χ2n) is 9.10. The van der Waals surface area contributed by atoms with Gasteiger partial charge in [-0.1, -0.05) is 0 Å². The van der Waals surface area contributed by atoms with Gasteiger partial charge in [0.2, 0.25) is 17.7 Å². The Morgan fingerprint density at radius 3 is 1.83 bits per heavy atom. The highest BCUT2D eigenvalue weighted by Crippen LogP contribution is 2.28. The highest BCUT2D eigenvalue weighted by Gasteiger charge is 2.39. The number of nitrogens with zero attached hydrogens (tertiary/aromatic N) is 3. The topological polar surface area (TPSA) is 96.2 Å². The van der Waals surface area contributed by atoms with E-state index in [2.05, 4.69) is 9.80 Å². The molecule has 4 rings (SSSR count). The van der Waals surface area contributed by atoms with Crippen LogP contribution in [0.3, 0.4) is 0 Å². The molecule has 0 saturated carbocycles. The van der Waals surface area contributed by atoms with Gasteiger partial charge in [0, 0.05) is 57.3 Å². The molecule has 0 atom stereocenters. The van der Waals surface area contributed by atoms with Crippen LogP contribution in [0.15, 0.2) is 0 Å². The van der Waals surface area contributed by atoms with Crippen molar-refractivity contribution < 1.29 is 19.1 Å². The zero-order valence-electron chi connectivity index (χ0n) is 17.3. The zero-order valence-corrected chi connectivity index (χ0v) is 17.3. The van der Waals surface area contributed by atoms with Crippen molar-refractivity contribution in [1.29, 1.82) is 0 Å². The summed E-state index contributed by atoms with van der Waals surface area (Å²) in [4.78, 5) is 42.8. The van der Waals surface area contributed by atoms with Gasteiger partial charge in [0.15, 0.2) is 0 Å². The Morgan fingerprint density at radius 1 is 0.690 bits per heavy atom. The molecule has 3 amide bonds. The molecule has 0 radical (unpaired) electrons. The summed E-state index contributed by atoms with van der Waals surface area (Å²) < 4.78 is 5.38. The van der Waals surface area contributed by atoms with Crippen molar-refractivity contribution in [2.45, 2.75) is 44.6 Å². The summed E-state index contributed by atoms with van der Waals surface area (Å²) in [6.07, 6.45) is 5.55. The molecule has 4 heterocycles. The minimum absolute atomic E-state index is 0.0789. The number of ether oxygens (including phenoxy) is 1. The lowest BCUT2D eigenvalue weighted by atomic mass is 9.89. The van der Waals surface area contributed by atoms with Gasteiger partial charge in [-0.05, 0) is 51.6 Å². The van der Waals surface area contributed by atoms with E-state index in [-0.39, 0.29) is 29.6 Å². The molecule has 0 aromatic rings. The first kappa shape index (κ1) is 20.6. The number of primary amides is 1. The molecule has 29 heavy (non-hydrogen) atoms. The first-order chi connectivity index (χ1) is 14.0. The maximum Gasteiger partial charge on any atom is 0.225 e. The number of hydrogen-bond donors (Lipinski definition) is 1. The van der Waals surface area contributed by atoms with Crippen LogP contribution in [0.25, 0.3) is 0 Å². The summed E-state index contributed by atoms with van der Waals surface area (Å²) in [5, 5.41) is 0. The summed E-state index contributed by atoms with van der Waals surface area (Å²) >= 11 is 0. The smallest absolute Gasteiger partial charge is 0.225 e. The Balaban J connectivity index is 1.18. The highest BCUT2D eigenvalue weighted by atomic mass is 16.5. The minimum atomic E-state index is -0.300. The van der Waals surface area contributed by atoms with E-state index in [4.69, 9.17) is 10.5 Å². The SMILES string of the molecule is NC(=O)C1CN(C(=O)C2CCN(C3CCN(C(=O)C4CCOCC4)CC3)CC2)C1. The van der Waals surface area contributed by atoms with Crippen LogP contribution in [0.1, 0.15) is 38.5 Å². The third-order valence-electron chi connectivity index (χ3n) is 7.34. The van der Waals surface area contributed by atoms with Crippen LogP contribution >= 0.6 is 0 Å². The summed E-state index contributed by atoms with van der Waals surface area (Å²) in [6, 6.07) is 0.521. The molecule has 0 bridgehead atoms. The van der Waals surface area contributed by atoms with Gasteiger partial charge in [-0.15, -0.1) is 0 Å². The van der Waals surface area contributed by atoms with Crippen LogP contribution < -0.4 is 5.73 Å². The average molecular weight is 407 g/mol. The Bertz CT molecular complexity index is 614. The fourth-order valence-electron chi connectivity index (χ4n) is 5.26. The van der Waals surface area contributed by atoms with E-state index in [1.807, 2.05) is 0 Å².